The summed E-state index contributed by atoms with van der Waals surface area (Å²) in [5.74, 6) is 0.612. The number of nitriles is 1. The van der Waals surface area contributed by atoms with Gasteiger partial charge in [-0.1, -0.05) is 18.2 Å². The molecule has 3 aromatic rings. The van der Waals surface area contributed by atoms with E-state index in [0.717, 1.165) is 0 Å². The fraction of sp³-hybridized carbons (Fsp3) is 0.0476. The Labute approximate surface area is 165 Å². The van der Waals surface area contributed by atoms with Gasteiger partial charge >= 0.3 is 0 Å². The van der Waals surface area contributed by atoms with Crippen molar-refractivity contribution in [1.82, 2.24) is 0 Å². The quantitative estimate of drug-likeness (QED) is 0.289. The molecule has 0 atom stereocenters. The summed E-state index contributed by atoms with van der Waals surface area (Å²) >= 11 is 0. The number of hydrogen-bond acceptors (Lipinski definition) is 6. The number of non-ortho nitro benzene ring substituents is 1. The third-order valence-electron chi connectivity index (χ3n) is 3.95. The number of carbonyl (C=O) groups excluding carboxylic acids is 1. The molecular formula is C21H15N3O5. The highest BCUT2D eigenvalue weighted by Gasteiger charge is 2.13. The van der Waals surface area contributed by atoms with Crippen LogP contribution in [-0.4, -0.2) is 17.9 Å². The number of furan rings is 1. The molecule has 8 heteroatoms. The van der Waals surface area contributed by atoms with Crippen molar-refractivity contribution in [1.29, 1.82) is 5.26 Å². The van der Waals surface area contributed by atoms with E-state index in [9.17, 15) is 20.2 Å². The Kier molecular flexibility index (Phi) is 5.71. The number of ether oxygens (including phenoxy) is 1. The molecule has 0 saturated carbocycles. The van der Waals surface area contributed by atoms with Crippen molar-refractivity contribution in [3.63, 3.8) is 0 Å². The van der Waals surface area contributed by atoms with Gasteiger partial charge in [0.25, 0.3) is 11.6 Å². The summed E-state index contributed by atoms with van der Waals surface area (Å²) in [5.41, 5.74) is 0.768. The summed E-state index contributed by atoms with van der Waals surface area (Å²) in [5, 5.41) is 22.9. The maximum Gasteiger partial charge on any atom is 0.270 e. The minimum absolute atomic E-state index is 0.0635. The van der Waals surface area contributed by atoms with Gasteiger partial charge < -0.3 is 14.5 Å². The smallest absolute Gasteiger partial charge is 0.270 e. The second-order valence-corrected chi connectivity index (χ2v) is 5.87. The number of rotatable bonds is 6. The van der Waals surface area contributed by atoms with E-state index in [1.54, 1.807) is 48.5 Å². The van der Waals surface area contributed by atoms with Crippen LogP contribution in [0.15, 0.2) is 70.7 Å². The summed E-state index contributed by atoms with van der Waals surface area (Å²) in [4.78, 5) is 22.8. The van der Waals surface area contributed by atoms with Crippen molar-refractivity contribution >= 4 is 23.4 Å². The third kappa shape index (κ3) is 4.67. The number of nitrogens with one attached hydrogen (secondary N) is 1. The molecule has 0 fully saturated rings. The predicted molar refractivity (Wildman–Crippen MR) is 106 cm³/mol. The van der Waals surface area contributed by atoms with Crippen LogP contribution in [0.2, 0.25) is 0 Å². The topological polar surface area (TPSA) is 118 Å². The monoisotopic (exact) mass is 389 g/mol. The zero-order valence-electron chi connectivity index (χ0n) is 15.3. The molecule has 1 heterocycles. The minimum atomic E-state index is -0.603. The first-order valence-electron chi connectivity index (χ1n) is 8.42. The van der Waals surface area contributed by atoms with Crippen LogP contribution in [0, 0.1) is 21.4 Å². The first-order chi connectivity index (χ1) is 14.0. The number of amides is 1. The van der Waals surface area contributed by atoms with Crippen LogP contribution in [0.5, 0.6) is 5.75 Å². The molecule has 0 radical (unpaired) electrons. The van der Waals surface area contributed by atoms with Gasteiger partial charge in [0.2, 0.25) is 0 Å². The molecule has 1 N–H and O–H groups in total. The fourth-order valence-electron chi connectivity index (χ4n) is 2.55. The van der Waals surface area contributed by atoms with Crippen molar-refractivity contribution in [3.05, 3.63) is 82.1 Å². The van der Waals surface area contributed by atoms with E-state index in [4.69, 9.17) is 9.15 Å². The molecular weight excluding hydrogens is 374 g/mol. The number of nitrogens with zero attached hydrogens (tertiary/aromatic N) is 2. The number of nitro groups is 1. The second kappa shape index (κ2) is 8.54. The summed E-state index contributed by atoms with van der Waals surface area (Å²) in [6.45, 7) is 0. The molecule has 0 bridgehead atoms. The number of hydrogen-bond donors (Lipinski definition) is 1. The molecule has 0 aliphatic rings. The number of carbonyl (C=O) groups is 1. The van der Waals surface area contributed by atoms with E-state index in [1.165, 1.54) is 25.3 Å². The van der Waals surface area contributed by atoms with Crippen LogP contribution < -0.4 is 10.1 Å². The zero-order valence-corrected chi connectivity index (χ0v) is 15.3. The van der Waals surface area contributed by atoms with Gasteiger partial charge in [-0.2, -0.15) is 5.26 Å². The summed E-state index contributed by atoms with van der Waals surface area (Å²) in [7, 11) is 1.51. The lowest BCUT2D eigenvalue weighted by Gasteiger charge is -2.06. The molecule has 0 unspecified atom stereocenters. The van der Waals surface area contributed by atoms with Crippen LogP contribution in [0.25, 0.3) is 17.4 Å². The Bertz CT molecular complexity index is 1140. The van der Waals surface area contributed by atoms with Crippen molar-refractivity contribution in [2.45, 2.75) is 0 Å². The molecule has 2 aromatic carbocycles. The molecule has 29 heavy (non-hydrogen) atoms. The molecule has 0 spiro atoms. The first-order valence-corrected chi connectivity index (χ1v) is 8.42. The summed E-state index contributed by atoms with van der Waals surface area (Å²) < 4.78 is 10.7. The number of methoxy groups -OCH3 is 1. The lowest BCUT2D eigenvalue weighted by atomic mass is 10.1. The van der Waals surface area contributed by atoms with Gasteiger partial charge in [-0.25, -0.2) is 0 Å². The minimum Gasteiger partial charge on any atom is -0.497 e. The second-order valence-electron chi connectivity index (χ2n) is 5.87. The van der Waals surface area contributed by atoms with Gasteiger partial charge in [-0.05, 0) is 24.3 Å². The van der Waals surface area contributed by atoms with Crippen LogP contribution in [0.4, 0.5) is 11.4 Å². The van der Waals surface area contributed by atoms with E-state index in [1.807, 2.05) is 6.07 Å². The van der Waals surface area contributed by atoms with Crippen molar-refractivity contribution in [3.8, 4) is 23.1 Å². The highest BCUT2D eigenvalue weighted by Crippen LogP contribution is 2.26. The Morgan fingerprint density at radius 2 is 2.00 bits per heavy atom. The Morgan fingerprint density at radius 1 is 1.21 bits per heavy atom. The van der Waals surface area contributed by atoms with Crippen molar-refractivity contribution in [2.24, 2.45) is 0 Å². The van der Waals surface area contributed by atoms with Gasteiger partial charge in [0.15, 0.2) is 0 Å². The molecule has 1 aromatic heterocycles. The maximum atomic E-state index is 12.4. The Morgan fingerprint density at radius 3 is 2.72 bits per heavy atom. The van der Waals surface area contributed by atoms with E-state index in [-0.39, 0.29) is 17.0 Å². The zero-order chi connectivity index (χ0) is 20.8. The summed E-state index contributed by atoms with van der Waals surface area (Å²) in [6, 6.07) is 17.7. The summed E-state index contributed by atoms with van der Waals surface area (Å²) in [6.07, 6.45) is 1.30. The average molecular weight is 389 g/mol. The van der Waals surface area contributed by atoms with Crippen molar-refractivity contribution in [2.75, 3.05) is 12.4 Å². The van der Waals surface area contributed by atoms with Gasteiger partial charge in [-0.15, -0.1) is 0 Å². The molecule has 3 rings (SSSR count). The predicted octanol–water partition coefficient (Wildman–Crippen LogP) is 4.41. The fourth-order valence-corrected chi connectivity index (χ4v) is 2.55. The highest BCUT2D eigenvalue weighted by molar-refractivity contribution is 6.09. The highest BCUT2D eigenvalue weighted by atomic mass is 16.6. The van der Waals surface area contributed by atoms with E-state index >= 15 is 0 Å². The normalized spacial score (nSPS) is 10.8. The molecule has 0 aliphatic carbocycles. The largest absolute Gasteiger partial charge is 0.497 e. The van der Waals surface area contributed by atoms with E-state index < -0.39 is 10.8 Å². The van der Waals surface area contributed by atoms with E-state index in [0.29, 0.717) is 22.8 Å². The molecule has 8 nitrogen and oxygen atoms in total. The Hall–Kier alpha value is -4.38. The molecule has 0 aliphatic heterocycles. The lowest BCUT2D eigenvalue weighted by molar-refractivity contribution is -0.384. The van der Waals surface area contributed by atoms with Crippen LogP contribution in [0.1, 0.15) is 5.76 Å². The SMILES string of the molecule is COc1cccc(NC(=O)/C(C#N)=C/c2ccc(-c3cccc([N+](=O)[O-])c3)o2)c1. The van der Waals surface area contributed by atoms with Crippen LogP contribution >= 0.6 is 0 Å². The van der Waals surface area contributed by atoms with E-state index in [2.05, 4.69) is 5.32 Å². The van der Waals surface area contributed by atoms with Gasteiger partial charge in [0, 0.05) is 35.5 Å². The lowest BCUT2D eigenvalue weighted by Crippen LogP contribution is -2.13. The van der Waals surface area contributed by atoms with Gasteiger partial charge in [0.05, 0.1) is 12.0 Å². The molecule has 144 valence electrons. The molecule has 0 saturated heterocycles. The third-order valence-corrected chi connectivity index (χ3v) is 3.95. The van der Waals surface area contributed by atoms with Gasteiger partial charge in [-0.3, -0.25) is 14.9 Å². The number of benzene rings is 2. The van der Waals surface area contributed by atoms with Crippen molar-refractivity contribution < 1.29 is 18.9 Å². The number of nitro benzene ring substituents is 1. The van der Waals surface area contributed by atoms with Crippen LogP contribution in [-0.2, 0) is 4.79 Å². The standard InChI is InChI=1S/C21H15N3O5/c1-28-18-7-3-5-16(12-18)23-21(25)15(13-22)11-19-8-9-20(29-19)14-4-2-6-17(10-14)24(26)27/h2-12H,1H3,(H,23,25)/b15-11+. The number of anilines is 1. The molecule has 1 amide bonds. The first kappa shape index (κ1) is 19.4. The van der Waals surface area contributed by atoms with Gasteiger partial charge in [0.1, 0.15) is 28.9 Å². The van der Waals surface area contributed by atoms with Crippen LogP contribution in [0.3, 0.4) is 0 Å². The average Bonchev–Trinajstić information content (AvgIpc) is 3.21. The Balaban J connectivity index is 1.81. The maximum absolute atomic E-state index is 12.4.